The fraction of sp³-hybridized carbons (Fsp3) is 0.0952. The van der Waals surface area contributed by atoms with Crippen molar-refractivity contribution >= 4 is 5.91 Å². The van der Waals surface area contributed by atoms with Gasteiger partial charge in [-0.15, -0.1) is 0 Å². The van der Waals surface area contributed by atoms with Crippen molar-refractivity contribution in [3.8, 4) is 11.3 Å². The molecule has 0 bridgehead atoms. The summed E-state index contributed by atoms with van der Waals surface area (Å²) in [6.07, 6.45) is 6.73. The minimum atomic E-state index is -0.111. The molecule has 6 nitrogen and oxygen atoms in total. The molecule has 0 saturated carbocycles. The van der Waals surface area contributed by atoms with Crippen LogP contribution in [0.4, 0.5) is 0 Å². The summed E-state index contributed by atoms with van der Waals surface area (Å²) in [6, 6.07) is 17.3. The number of hydrogen-bond acceptors (Lipinski definition) is 4. The molecule has 4 rings (SSSR count). The van der Waals surface area contributed by atoms with Crippen LogP contribution in [0.15, 0.2) is 84.0 Å². The van der Waals surface area contributed by atoms with Crippen LogP contribution in [0, 0.1) is 0 Å². The van der Waals surface area contributed by atoms with E-state index in [0.717, 1.165) is 23.2 Å². The third kappa shape index (κ3) is 4.12. The fourth-order valence-electron chi connectivity index (χ4n) is 2.77. The molecule has 4 aromatic rings. The number of benzene rings is 2. The molecule has 1 N–H and O–H groups in total. The quantitative estimate of drug-likeness (QED) is 0.572. The molecule has 0 aliphatic rings. The summed E-state index contributed by atoms with van der Waals surface area (Å²) in [5.41, 5.74) is 3.70. The standard InChI is InChI=1S/C21H18N4O2/c26-21(19-8-6-18(7-9-19)20-13-22-15-27-20)23-12-16-2-4-17(5-3-16)14-25-11-1-10-24-25/h1-11,13,15H,12,14H2,(H,23,26). The van der Waals surface area contributed by atoms with Gasteiger partial charge in [0.05, 0.1) is 12.7 Å². The first-order valence-corrected chi connectivity index (χ1v) is 8.60. The Morgan fingerprint density at radius 2 is 1.81 bits per heavy atom. The number of oxazole rings is 1. The SMILES string of the molecule is O=C(NCc1ccc(Cn2cccn2)cc1)c1ccc(-c2cnco2)cc1. The molecule has 0 spiro atoms. The summed E-state index contributed by atoms with van der Waals surface area (Å²) in [5.74, 6) is 0.567. The van der Waals surface area contributed by atoms with E-state index in [1.54, 1.807) is 24.5 Å². The van der Waals surface area contributed by atoms with Crippen LogP contribution in [0.5, 0.6) is 0 Å². The molecule has 6 heteroatoms. The summed E-state index contributed by atoms with van der Waals surface area (Å²) in [4.78, 5) is 16.2. The summed E-state index contributed by atoms with van der Waals surface area (Å²) in [6.45, 7) is 1.21. The normalized spacial score (nSPS) is 10.7. The average Bonchev–Trinajstić information content (AvgIpc) is 3.42. The number of carbonyl (C=O) groups is 1. The van der Waals surface area contributed by atoms with Gasteiger partial charge in [0.1, 0.15) is 0 Å². The molecule has 2 aromatic carbocycles. The van der Waals surface area contributed by atoms with E-state index >= 15 is 0 Å². The number of carbonyl (C=O) groups excluding carboxylic acids is 1. The zero-order valence-corrected chi connectivity index (χ0v) is 14.6. The van der Waals surface area contributed by atoms with E-state index in [9.17, 15) is 4.79 Å². The van der Waals surface area contributed by atoms with Crippen molar-refractivity contribution in [3.63, 3.8) is 0 Å². The second-order valence-corrected chi connectivity index (χ2v) is 6.15. The van der Waals surface area contributed by atoms with E-state index < -0.39 is 0 Å². The first kappa shape index (κ1) is 16.8. The van der Waals surface area contributed by atoms with Crippen LogP contribution in [0.25, 0.3) is 11.3 Å². The van der Waals surface area contributed by atoms with Gasteiger partial charge in [0.25, 0.3) is 5.91 Å². The Kier molecular flexibility index (Phi) is 4.78. The molecule has 0 aliphatic carbocycles. The van der Waals surface area contributed by atoms with Gasteiger partial charge in [-0.2, -0.15) is 5.10 Å². The first-order chi connectivity index (χ1) is 13.3. The summed E-state index contributed by atoms with van der Waals surface area (Å²) in [7, 11) is 0. The summed E-state index contributed by atoms with van der Waals surface area (Å²) < 4.78 is 7.12. The lowest BCUT2D eigenvalue weighted by molar-refractivity contribution is 0.0951. The number of nitrogens with zero attached hydrogens (tertiary/aromatic N) is 3. The molecule has 2 heterocycles. The molecule has 134 valence electrons. The van der Waals surface area contributed by atoms with Crippen molar-refractivity contribution in [3.05, 3.63) is 96.3 Å². The smallest absolute Gasteiger partial charge is 0.251 e. The topological polar surface area (TPSA) is 73.0 Å². The Morgan fingerprint density at radius 3 is 2.48 bits per heavy atom. The van der Waals surface area contributed by atoms with Crippen molar-refractivity contribution < 1.29 is 9.21 Å². The van der Waals surface area contributed by atoms with Gasteiger partial charge in [0, 0.05) is 30.1 Å². The van der Waals surface area contributed by atoms with Gasteiger partial charge in [0.2, 0.25) is 0 Å². The Balaban J connectivity index is 1.33. The van der Waals surface area contributed by atoms with Crippen LogP contribution in [0.3, 0.4) is 0 Å². The van der Waals surface area contributed by atoms with Crippen LogP contribution in [-0.2, 0) is 13.1 Å². The van der Waals surface area contributed by atoms with Gasteiger partial charge in [0.15, 0.2) is 12.2 Å². The lowest BCUT2D eigenvalue weighted by atomic mass is 10.1. The predicted molar refractivity (Wildman–Crippen MR) is 101 cm³/mol. The average molecular weight is 358 g/mol. The lowest BCUT2D eigenvalue weighted by Gasteiger charge is -2.07. The highest BCUT2D eigenvalue weighted by Gasteiger charge is 2.07. The van der Waals surface area contributed by atoms with Crippen molar-refractivity contribution in [2.24, 2.45) is 0 Å². The number of amides is 1. The molecule has 0 aliphatic heterocycles. The summed E-state index contributed by atoms with van der Waals surface area (Å²) in [5, 5.41) is 7.14. The van der Waals surface area contributed by atoms with E-state index in [-0.39, 0.29) is 5.91 Å². The van der Waals surface area contributed by atoms with Gasteiger partial charge >= 0.3 is 0 Å². The maximum absolute atomic E-state index is 12.3. The van der Waals surface area contributed by atoms with Gasteiger partial charge in [-0.25, -0.2) is 4.98 Å². The largest absolute Gasteiger partial charge is 0.444 e. The van der Waals surface area contributed by atoms with Gasteiger partial charge < -0.3 is 9.73 Å². The molecule has 1 amide bonds. The van der Waals surface area contributed by atoms with E-state index in [1.165, 1.54) is 6.39 Å². The Hall–Kier alpha value is -3.67. The lowest BCUT2D eigenvalue weighted by Crippen LogP contribution is -2.22. The Labute approximate surface area is 156 Å². The molecule has 27 heavy (non-hydrogen) atoms. The highest BCUT2D eigenvalue weighted by atomic mass is 16.3. The monoisotopic (exact) mass is 358 g/mol. The maximum Gasteiger partial charge on any atom is 0.251 e. The molecular formula is C21H18N4O2. The number of nitrogens with one attached hydrogen (secondary N) is 1. The van der Waals surface area contributed by atoms with Gasteiger partial charge in [-0.3, -0.25) is 9.48 Å². The van der Waals surface area contributed by atoms with Gasteiger partial charge in [-0.1, -0.05) is 36.4 Å². The zero-order valence-electron chi connectivity index (χ0n) is 14.6. The van der Waals surface area contributed by atoms with E-state index in [0.29, 0.717) is 17.9 Å². The second kappa shape index (κ2) is 7.70. The first-order valence-electron chi connectivity index (χ1n) is 8.60. The fourth-order valence-corrected chi connectivity index (χ4v) is 2.77. The zero-order chi connectivity index (χ0) is 18.5. The molecule has 2 aromatic heterocycles. The number of hydrogen-bond donors (Lipinski definition) is 1. The summed E-state index contributed by atoms with van der Waals surface area (Å²) >= 11 is 0. The van der Waals surface area contributed by atoms with E-state index in [1.807, 2.05) is 41.2 Å². The molecule has 0 radical (unpaired) electrons. The minimum Gasteiger partial charge on any atom is -0.444 e. The third-order valence-corrected chi connectivity index (χ3v) is 4.24. The van der Waals surface area contributed by atoms with Crippen molar-refractivity contribution in [1.29, 1.82) is 0 Å². The van der Waals surface area contributed by atoms with Gasteiger partial charge in [-0.05, 0) is 29.3 Å². The second-order valence-electron chi connectivity index (χ2n) is 6.15. The molecule has 0 saturated heterocycles. The molecule has 0 atom stereocenters. The minimum absolute atomic E-state index is 0.111. The highest BCUT2D eigenvalue weighted by Crippen LogP contribution is 2.18. The van der Waals surface area contributed by atoms with Crippen molar-refractivity contribution in [2.75, 3.05) is 0 Å². The highest BCUT2D eigenvalue weighted by molar-refractivity contribution is 5.94. The number of aromatic nitrogens is 3. The Morgan fingerprint density at radius 1 is 1.04 bits per heavy atom. The van der Waals surface area contributed by atoms with Crippen LogP contribution in [0.1, 0.15) is 21.5 Å². The van der Waals surface area contributed by atoms with Crippen molar-refractivity contribution in [1.82, 2.24) is 20.1 Å². The number of rotatable bonds is 6. The molecule has 0 unspecified atom stereocenters. The molecule has 0 fully saturated rings. The van der Waals surface area contributed by atoms with Crippen LogP contribution in [-0.4, -0.2) is 20.7 Å². The maximum atomic E-state index is 12.3. The molecular weight excluding hydrogens is 340 g/mol. The van der Waals surface area contributed by atoms with Crippen LogP contribution >= 0.6 is 0 Å². The van der Waals surface area contributed by atoms with E-state index in [2.05, 4.69) is 27.5 Å². The predicted octanol–water partition coefficient (Wildman–Crippen LogP) is 3.52. The Bertz CT molecular complexity index is 990. The van der Waals surface area contributed by atoms with Crippen LogP contribution in [0.2, 0.25) is 0 Å². The van der Waals surface area contributed by atoms with Crippen LogP contribution < -0.4 is 5.32 Å². The third-order valence-electron chi connectivity index (χ3n) is 4.24. The van der Waals surface area contributed by atoms with Crippen molar-refractivity contribution in [2.45, 2.75) is 13.1 Å². The van der Waals surface area contributed by atoms with E-state index in [4.69, 9.17) is 4.42 Å².